The Kier molecular flexibility index (Phi) is 6.06. The average Bonchev–Trinajstić information content (AvgIpc) is 2.67. The molecule has 2 aromatic carbocycles. The van der Waals surface area contributed by atoms with E-state index >= 15 is 0 Å². The van der Waals surface area contributed by atoms with Crippen molar-refractivity contribution in [3.63, 3.8) is 0 Å². The first-order valence-corrected chi connectivity index (χ1v) is 9.83. The van der Waals surface area contributed by atoms with E-state index < -0.39 is 0 Å². The molecule has 1 aliphatic rings. The number of carbonyl (C=O) groups excluding carboxylic acids is 1. The number of carbonyl (C=O) groups is 1. The minimum atomic E-state index is -0.261. The smallest absolute Gasteiger partial charge is 0.241 e. The zero-order valence-corrected chi connectivity index (χ0v) is 16.1. The number of anilines is 1. The number of rotatable bonds is 6. The lowest BCUT2D eigenvalue weighted by Crippen LogP contribution is -2.39. The summed E-state index contributed by atoms with van der Waals surface area (Å²) >= 11 is 1.72. The van der Waals surface area contributed by atoms with Crippen LogP contribution in [0.2, 0.25) is 0 Å². The Morgan fingerprint density at radius 3 is 2.54 bits per heavy atom. The molecule has 1 aliphatic heterocycles. The molecule has 0 aromatic heterocycles. The van der Waals surface area contributed by atoms with E-state index in [0.717, 1.165) is 0 Å². The van der Waals surface area contributed by atoms with E-state index in [1.165, 1.54) is 10.5 Å². The van der Waals surface area contributed by atoms with Gasteiger partial charge in [0.1, 0.15) is 13.2 Å². The number of fused-ring (bicyclic) bond motifs is 1. The summed E-state index contributed by atoms with van der Waals surface area (Å²) in [7, 11) is 1.95. The van der Waals surface area contributed by atoms with Crippen LogP contribution in [0, 0.1) is 0 Å². The molecule has 3 rings (SSSR count). The lowest BCUT2D eigenvalue weighted by atomic mass is 10.2. The SMILES string of the molecule is CSc1ccc(CN(C)[C@H](C)C(=O)Nc2ccc3c(c2)OCCO3)cc1. The van der Waals surface area contributed by atoms with Crippen molar-refractivity contribution in [3.8, 4) is 11.5 Å². The van der Waals surface area contributed by atoms with E-state index in [9.17, 15) is 4.79 Å². The fourth-order valence-corrected chi connectivity index (χ4v) is 3.13. The van der Waals surface area contributed by atoms with Crippen LogP contribution in [0.1, 0.15) is 12.5 Å². The minimum absolute atomic E-state index is 0.0510. The van der Waals surface area contributed by atoms with Gasteiger partial charge in [-0.2, -0.15) is 0 Å². The lowest BCUT2D eigenvalue weighted by molar-refractivity contribution is -0.120. The number of hydrogen-bond donors (Lipinski definition) is 1. The van der Waals surface area contributed by atoms with Crippen LogP contribution in [-0.2, 0) is 11.3 Å². The van der Waals surface area contributed by atoms with Gasteiger partial charge in [0.05, 0.1) is 6.04 Å². The van der Waals surface area contributed by atoms with E-state index in [1.54, 1.807) is 17.8 Å². The lowest BCUT2D eigenvalue weighted by Gasteiger charge is -2.24. The maximum Gasteiger partial charge on any atom is 0.241 e. The summed E-state index contributed by atoms with van der Waals surface area (Å²) in [6, 6.07) is 13.6. The van der Waals surface area contributed by atoms with Crippen LogP contribution in [0.4, 0.5) is 5.69 Å². The van der Waals surface area contributed by atoms with Crippen molar-refractivity contribution in [2.45, 2.75) is 24.4 Å². The summed E-state index contributed by atoms with van der Waals surface area (Å²) in [6.07, 6.45) is 2.06. The first kappa shape index (κ1) is 18.6. The van der Waals surface area contributed by atoms with Crippen LogP contribution in [0.3, 0.4) is 0 Å². The van der Waals surface area contributed by atoms with Gasteiger partial charge >= 0.3 is 0 Å². The Morgan fingerprint density at radius 1 is 1.15 bits per heavy atom. The van der Waals surface area contributed by atoms with Gasteiger partial charge in [-0.1, -0.05) is 12.1 Å². The number of amides is 1. The highest BCUT2D eigenvalue weighted by atomic mass is 32.2. The molecule has 0 saturated carbocycles. The normalized spacial score (nSPS) is 14.2. The molecule has 1 heterocycles. The zero-order valence-electron chi connectivity index (χ0n) is 15.3. The number of likely N-dealkylation sites (N-methyl/N-ethyl adjacent to an activating group) is 1. The standard InChI is InChI=1S/C20H24N2O3S/c1-14(22(2)13-15-4-7-17(26-3)8-5-15)20(23)21-16-6-9-18-19(12-16)25-11-10-24-18/h4-9,12,14H,10-11,13H2,1-3H3,(H,21,23)/t14-/m1/s1. The molecule has 138 valence electrons. The molecule has 0 unspecified atom stereocenters. The first-order valence-electron chi connectivity index (χ1n) is 8.60. The number of ether oxygens (including phenoxy) is 2. The molecule has 26 heavy (non-hydrogen) atoms. The summed E-state index contributed by atoms with van der Waals surface area (Å²) in [5.74, 6) is 1.34. The van der Waals surface area contributed by atoms with Crippen LogP contribution >= 0.6 is 11.8 Å². The summed E-state index contributed by atoms with van der Waals surface area (Å²) in [5, 5.41) is 2.96. The number of nitrogens with zero attached hydrogens (tertiary/aromatic N) is 1. The Labute approximate surface area is 158 Å². The molecule has 2 aromatic rings. The van der Waals surface area contributed by atoms with Crippen molar-refractivity contribution in [1.29, 1.82) is 0 Å². The van der Waals surface area contributed by atoms with Gasteiger partial charge in [0.2, 0.25) is 5.91 Å². The van der Waals surface area contributed by atoms with Crippen LogP contribution in [0.15, 0.2) is 47.4 Å². The van der Waals surface area contributed by atoms with E-state index in [4.69, 9.17) is 9.47 Å². The zero-order chi connectivity index (χ0) is 18.5. The quantitative estimate of drug-likeness (QED) is 0.785. The van der Waals surface area contributed by atoms with E-state index in [0.29, 0.717) is 36.9 Å². The van der Waals surface area contributed by atoms with Crippen molar-refractivity contribution in [2.24, 2.45) is 0 Å². The third-order valence-corrected chi connectivity index (χ3v) is 5.18. The predicted molar refractivity (Wildman–Crippen MR) is 105 cm³/mol. The molecular weight excluding hydrogens is 348 g/mol. The molecule has 6 heteroatoms. The van der Waals surface area contributed by atoms with Crippen LogP contribution in [0.25, 0.3) is 0 Å². The van der Waals surface area contributed by atoms with Crippen molar-refractivity contribution >= 4 is 23.4 Å². The summed E-state index contributed by atoms with van der Waals surface area (Å²) < 4.78 is 11.1. The largest absolute Gasteiger partial charge is 0.486 e. The summed E-state index contributed by atoms with van der Waals surface area (Å²) in [6.45, 7) is 3.70. The van der Waals surface area contributed by atoms with Gasteiger partial charge in [0.25, 0.3) is 0 Å². The highest BCUT2D eigenvalue weighted by molar-refractivity contribution is 7.98. The van der Waals surface area contributed by atoms with E-state index in [2.05, 4.69) is 35.8 Å². The van der Waals surface area contributed by atoms with Gasteiger partial charge < -0.3 is 14.8 Å². The molecule has 0 radical (unpaired) electrons. The van der Waals surface area contributed by atoms with Gasteiger partial charge in [-0.05, 0) is 50.1 Å². The second kappa shape index (κ2) is 8.47. The van der Waals surface area contributed by atoms with Crippen LogP contribution in [0.5, 0.6) is 11.5 Å². The monoisotopic (exact) mass is 372 g/mol. The molecule has 0 fully saturated rings. The maximum absolute atomic E-state index is 12.6. The number of hydrogen-bond acceptors (Lipinski definition) is 5. The van der Waals surface area contributed by atoms with Gasteiger partial charge in [-0.15, -0.1) is 11.8 Å². The summed E-state index contributed by atoms with van der Waals surface area (Å²) in [5.41, 5.74) is 1.90. The topological polar surface area (TPSA) is 50.8 Å². The van der Waals surface area contributed by atoms with Gasteiger partial charge in [-0.25, -0.2) is 0 Å². The first-order chi connectivity index (χ1) is 12.6. The molecule has 1 N–H and O–H groups in total. The maximum atomic E-state index is 12.6. The van der Waals surface area contributed by atoms with Crippen molar-refractivity contribution in [2.75, 3.05) is 31.8 Å². The van der Waals surface area contributed by atoms with Crippen LogP contribution in [-0.4, -0.2) is 43.4 Å². The van der Waals surface area contributed by atoms with Gasteiger partial charge in [-0.3, -0.25) is 9.69 Å². The third kappa shape index (κ3) is 4.51. The third-order valence-electron chi connectivity index (χ3n) is 4.44. The Bertz CT molecular complexity index is 764. The second-order valence-corrected chi connectivity index (χ2v) is 7.17. The van der Waals surface area contributed by atoms with E-state index in [1.807, 2.05) is 31.0 Å². The van der Waals surface area contributed by atoms with Crippen molar-refractivity contribution < 1.29 is 14.3 Å². The predicted octanol–water partition coefficient (Wildman–Crippen LogP) is 3.64. The van der Waals surface area contributed by atoms with Crippen molar-refractivity contribution in [1.82, 2.24) is 4.90 Å². The molecule has 0 bridgehead atoms. The highest BCUT2D eigenvalue weighted by Crippen LogP contribution is 2.32. The number of thioether (sulfide) groups is 1. The Balaban J connectivity index is 1.59. The Hall–Kier alpha value is -2.18. The fraction of sp³-hybridized carbons (Fsp3) is 0.350. The highest BCUT2D eigenvalue weighted by Gasteiger charge is 2.19. The molecular formula is C20H24N2O3S. The Morgan fingerprint density at radius 2 is 1.85 bits per heavy atom. The van der Waals surface area contributed by atoms with E-state index in [-0.39, 0.29) is 11.9 Å². The second-order valence-electron chi connectivity index (χ2n) is 6.29. The van der Waals surface area contributed by atoms with Crippen molar-refractivity contribution in [3.05, 3.63) is 48.0 Å². The van der Waals surface area contributed by atoms with Gasteiger partial charge in [0.15, 0.2) is 11.5 Å². The molecule has 1 amide bonds. The molecule has 0 spiro atoms. The molecule has 0 saturated heterocycles. The molecule has 5 nitrogen and oxygen atoms in total. The minimum Gasteiger partial charge on any atom is -0.486 e. The molecule has 1 atom stereocenters. The average molecular weight is 372 g/mol. The number of benzene rings is 2. The van der Waals surface area contributed by atoms with Gasteiger partial charge in [0, 0.05) is 23.2 Å². The fourth-order valence-electron chi connectivity index (χ4n) is 2.72. The number of nitrogens with one attached hydrogen (secondary N) is 1. The molecule has 0 aliphatic carbocycles. The summed E-state index contributed by atoms with van der Waals surface area (Å²) in [4.78, 5) is 15.9. The van der Waals surface area contributed by atoms with Crippen LogP contribution < -0.4 is 14.8 Å².